The zero-order valence-electron chi connectivity index (χ0n) is 32.3. The summed E-state index contributed by atoms with van der Waals surface area (Å²) in [6.45, 7) is 1.72. The molecule has 0 bridgehead atoms. The first-order chi connectivity index (χ1) is 26.8. The van der Waals surface area contributed by atoms with Gasteiger partial charge < -0.3 is 49.1 Å². The summed E-state index contributed by atoms with van der Waals surface area (Å²) in [5.74, 6) is -2.43. The Hall–Kier alpha value is -4.25. The maximum Gasteiger partial charge on any atom is 0.308 e. The van der Waals surface area contributed by atoms with Crippen molar-refractivity contribution in [2.75, 3.05) is 100.0 Å². The second-order valence-electron chi connectivity index (χ2n) is 12.5. The van der Waals surface area contributed by atoms with E-state index in [9.17, 15) is 24.0 Å². The summed E-state index contributed by atoms with van der Waals surface area (Å²) in [7, 11) is 3.13. The van der Waals surface area contributed by atoms with Crippen LogP contribution in [0.25, 0.3) is 0 Å². The smallest absolute Gasteiger partial charge is 0.308 e. The average Bonchev–Trinajstić information content (AvgIpc) is 3.18. The van der Waals surface area contributed by atoms with E-state index in [0.717, 1.165) is 31.2 Å². The molecule has 0 aliphatic rings. The van der Waals surface area contributed by atoms with Gasteiger partial charge in [0, 0.05) is 33.7 Å². The average molecular weight is 774 g/mol. The fourth-order valence-electron chi connectivity index (χ4n) is 5.02. The third-order valence-electron chi connectivity index (χ3n) is 7.95. The van der Waals surface area contributed by atoms with Crippen molar-refractivity contribution in [1.29, 1.82) is 0 Å². The Kier molecular flexibility index (Phi) is 26.4. The number of amides is 3. The molecule has 0 aromatic heterocycles. The summed E-state index contributed by atoms with van der Waals surface area (Å²) in [6.07, 6.45) is 4.18. The maximum atomic E-state index is 13.0. The van der Waals surface area contributed by atoms with Gasteiger partial charge in [-0.05, 0) is 48.8 Å². The molecule has 0 saturated carbocycles. The Morgan fingerprint density at radius 2 is 1.13 bits per heavy atom. The van der Waals surface area contributed by atoms with E-state index in [2.05, 4.69) is 40.2 Å². The van der Waals surface area contributed by atoms with E-state index in [4.69, 9.17) is 33.2 Å². The molecule has 3 amide bonds. The minimum atomic E-state index is -1.04. The summed E-state index contributed by atoms with van der Waals surface area (Å²) in [4.78, 5) is 62.5. The van der Waals surface area contributed by atoms with Gasteiger partial charge in [-0.1, -0.05) is 54.6 Å². The van der Waals surface area contributed by atoms with Gasteiger partial charge in [-0.15, -0.1) is 0 Å². The number of ether oxygens (including phenoxy) is 7. The highest BCUT2D eigenvalue weighted by atomic mass is 16.6. The molecule has 3 N–H and O–H groups in total. The van der Waals surface area contributed by atoms with Crippen molar-refractivity contribution in [3.8, 4) is 0 Å². The molecule has 1 atom stereocenters. The molecule has 0 aliphatic carbocycles. The van der Waals surface area contributed by atoms with Crippen LogP contribution in [0.5, 0.6) is 0 Å². The molecule has 0 fully saturated rings. The van der Waals surface area contributed by atoms with E-state index in [1.807, 2.05) is 30.3 Å². The number of hydrogen-bond donors (Lipinski definition) is 3. The standard InChI is InChI=1S/C40H59N3O12/c1-49-20-22-51-24-26-53-30-37(45)41-18-16-36(43-38(46)31-54-27-25-52-23-21-50-2)40(48)42-19-17-39(47)55-29-35(44)28-34-14-12-33(13-15-34)11-7-6-10-32-8-4-3-5-9-32/h3-5,8-9,12-15,36H,6-7,10-11,16-31H2,1-2H3,(H,41,45)(H,42,48)(H,43,46)/t36-/m0/s1. The summed E-state index contributed by atoms with van der Waals surface area (Å²) in [6, 6.07) is 17.3. The largest absolute Gasteiger partial charge is 0.458 e. The predicted octanol–water partition coefficient (Wildman–Crippen LogP) is 1.76. The van der Waals surface area contributed by atoms with Gasteiger partial charge in [0.15, 0.2) is 5.78 Å². The van der Waals surface area contributed by atoms with E-state index in [0.29, 0.717) is 33.0 Å². The summed E-state index contributed by atoms with van der Waals surface area (Å²) in [5, 5.41) is 7.84. The van der Waals surface area contributed by atoms with Crippen molar-refractivity contribution in [3.63, 3.8) is 0 Å². The number of carbonyl (C=O) groups is 5. The van der Waals surface area contributed by atoms with Crippen molar-refractivity contribution >= 4 is 29.5 Å². The first kappa shape index (κ1) is 46.9. The predicted molar refractivity (Wildman–Crippen MR) is 203 cm³/mol. The van der Waals surface area contributed by atoms with Crippen molar-refractivity contribution in [2.45, 2.75) is 51.0 Å². The number of ketones is 1. The molecule has 0 saturated heterocycles. The van der Waals surface area contributed by atoms with Crippen LogP contribution in [0.4, 0.5) is 0 Å². The topological polar surface area (TPSA) is 186 Å². The van der Waals surface area contributed by atoms with Crippen LogP contribution in [0.3, 0.4) is 0 Å². The second kappa shape index (κ2) is 31.0. The Morgan fingerprint density at radius 3 is 1.75 bits per heavy atom. The normalized spacial score (nSPS) is 11.5. The molecular formula is C40H59N3O12. The van der Waals surface area contributed by atoms with E-state index in [1.54, 1.807) is 14.2 Å². The van der Waals surface area contributed by atoms with Gasteiger partial charge in [0.25, 0.3) is 0 Å². The van der Waals surface area contributed by atoms with Crippen LogP contribution in [0.2, 0.25) is 0 Å². The van der Waals surface area contributed by atoms with Gasteiger partial charge in [-0.3, -0.25) is 24.0 Å². The Bertz CT molecular complexity index is 1360. The lowest BCUT2D eigenvalue weighted by Gasteiger charge is -2.19. The minimum Gasteiger partial charge on any atom is -0.458 e. The van der Waals surface area contributed by atoms with E-state index < -0.39 is 29.7 Å². The van der Waals surface area contributed by atoms with Gasteiger partial charge in [-0.25, -0.2) is 0 Å². The quantitative estimate of drug-likeness (QED) is 0.0707. The lowest BCUT2D eigenvalue weighted by atomic mass is 10.0. The highest BCUT2D eigenvalue weighted by molar-refractivity contribution is 5.88. The Balaban J connectivity index is 1.70. The van der Waals surface area contributed by atoms with Crippen LogP contribution in [-0.4, -0.2) is 136 Å². The van der Waals surface area contributed by atoms with Crippen molar-refractivity contribution in [1.82, 2.24) is 16.0 Å². The summed E-state index contributed by atoms with van der Waals surface area (Å²) < 4.78 is 36.1. The lowest BCUT2D eigenvalue weighted by Crippen LogP contribution is -2.49. The number of hydrogen-bond acceptors (Lipinski definition) is 12. The van der Waals surface area contributed by atoms with Crippen LogP contribution in [0.1, 0.15) is 42.4 Å². The van der Waals surface area contributed by atoms with Crippen LogP contribution in [0.15, 0.2) is 54.6 Å². The highest BCUT2D eigenvalue weighted by Crippen LogP contribution is 2.11. The van der Waals surface area contributed by atoms with E-state index in [1.165, 1.54) is 11.1 Å². The summed E-state index contributed by atoms with van der Waals surface area (Å²) in [5.41, 5.74) is 3.38. The van der Waals surface area contributed by atoms with Crippen LogP contribution in [0, 0.1) is 0 Å². The third-order valence-corrected chi connectivity index (χ3v) is 7.95. The molecule has 2 rings (SSSR count). The molecule has 15 heteroatoms. The molecule has 55 heavy (non-hydrogen) atoms. The molecule has 2 aromatic carbocycles. The number of unbranched alkanes of at least 4 members (excludes halogenated alkanes) is 1. The first-order valence-electron chi connectivity index (χ1n) is 18.7. The minimum absolute atomic E-state index is 0.0533. The van der Waals surface area contributed by atoms with E-state index in [-0.39, 0.29) is 77.8 Å². The number of nitrogens with one attached hydrogen (secondary N) is 3. The van der Waals surface area contributed by atoms with Crippen LogP contribution < -0.4 is 16.0 Å². The molecule has 306 valence electrons. The summed E-state index contributed by atoms with van der Waals surface area (Å²) >= 11 is 0. The number of methoxy groups -OCH3 is 2. The SMILES string of the molecule is COCCOCCOCC(=O)NCC[C@H](NC(=O)COCCOCCOC)C(=O)NCCC(=O)OCC(=O)Cc1ccc(CCCCc2ccccc2)cc1. The number of esters is 1. The van der Waals surface area contributed by atoms with Gasteiger partial charge in [-0.2, -0.15) is 0 Å². The molecule has 0 radical (unpaired) electrons. The van der Waals surface area contributed by atoms with Crippen molar-refractivity contribution in [3.05, 3.63) is 71.3 Å². The van der Waals surface area contributed by atoms with Gasteiger partial charge in [0.1, 0.15) is 25.9 Å². The fourth-order valence-corrected chi connectivity index (χ4v) is 5.02. The Labute approximate surface area is 324 Å². The zero-order valence-corrected chi connectivity index (χ0v) is 32.3. The second-order valence-corrected chi connectivity index (χ2v) is 12.5. The van der Waals surface area contributed by atoms with Crippen molar-refractivity contribution in [2.24, 2.45) is 0 Å². The molecule has 15 nitrogen and oxygen atoms in total. The lowest BCUT2D eigenvalue weighted by molar-refractivity contribution is -0.147. The number of rotatable bonds is 33. The first-order valence-corrected chi connectivity index (χ1v) is 18.7. The van der Waals surface area contributed by atoms with Gasteiger partial charge >= 0.3 is 5.97 Å². The molecule has 2 aromatic rings. The number of aryl methyl sites for hydroxylation is 2. The zero-order chi connectivity index (χ0) is 39.8. The molecule has 0 unspecified atom stereocenters. The number of carbonyl (C=O) groups excluding carboxylic acids is 5. The fraction of sp³-hybridized carbons (Fsp3) is 0.575. The van der Waals surface area contributed by atoms with Gasteiger partial charge in [0.05, 0.1) is 59.3 Å². The van der Waals surface area contributed by atoms with Crippen LogP contribution >= 0.6 is 0 Å². The van der Waals surface area contributed by atoms with Gasteiger partial charge in [0.2, 0.25) is 17.7 Å². The maximum absolute atomic E-state index is 13.0. The Morgan fingerprint density at radius 1 is 0.582 bits per heavy atom. The van der Waals surface area contributed by atoms with E-state index >= 15 is 0 Å². The third kappa shape index (κ3) is 24.7. The molecule has 0 spiro atoms. The monoisotopic (exact) mass is 773 g/mol. The van der Waals surface area contributed by atoms with Crippen molar-refractivity contribution < 1.29 is 57.1 Å². The van der Waals surface area contributed by atoms with Crippen LogP contribution in [-0.2, 0) is 76.4 Å². The number of benzene rings is 2. The molecular weight excluding hydrogens is 714 g/mol. The number of Topliss-reactive ketones (excluding diaryl/α,β-unsaturated/α-hetero) is 1. The molecule has 0 aliphatic heterocycles. The highest BCUT2D eigenvalue weighted by Gasteiger charge is 2.21. The molecule has 0 heterocycles.